The molecule has 1 unspecified atom stereocenters. The molecule has 1 atom stereocenters. The van der Waals surface area contributed by atoms with E-state index in [1.54, 1.807) is 11.3 Å². The topological polar surface area (TPSA) is 37.8 Å². The molecule has 0 spiro atoms. The minimum atomic E-state index is 0.404. The fourth-order valence-corrected chi connectivity index (χ4v) is 3.03. The Morgan fingerprint density at radius 2 is 2.20 bits per heavy atom. The second-order valence-corrected chi connectivity index (χ2v) is 5.17. The first-order chi connectivity index (χ1) is 7.35. The van der Waals surface area contributed by atoms with Crippen molar-refractivity contribution < 1.29 is 0 Å². The first kappa shape index (κ1) is 11.0. The molecule has 0 bridgehead atoms. The second kappa shape index (κ2) is 5.03. The maximum atomic E-state index is 4.32. The van der Waals surface area contributed by atoms with E-state index in [4.69, 9.17) is 0 Å². The molecular weight excluding hydrogens is 206 g/mol. The maximum absolute atomic E-state index is 4.32. The Labute approximate surface area is 95.3 Å². The highest BCUT2D eigenvalue weighted by atomic mass is 32.1. The molecule has 15 heavy (non-hydrogen) atoms. The Kier molecular flexibility index (Phi) is 3.70. The van der Waals surface area contributed by atoms with E-state index in [0.717, 1.165) is 18.9 Å². The van der Waals surface area contributed by atoms with Crippen LogP contribution in [0.25, 0.3) is 0 Å². The van der Waals surface area contributed by atoms with Gasteiger partial charge in [0.2, 0.25) is 0 Å². The first-order valence-electron chi connectivity index (χ1n) is 5.91. The third-order valence-corrected chi connectivity index (χ3v) is 4.27. The molecule has 0 saturated heterocycles. The van der Waals surface area contributed by atoms with Crippen molar-refractivity contribution in [2.45, 2.75) is 51.5 Å². The summed E-state index contributed by atoms with van der Waals surface area (Å²) in [5.74, 6) is 0.718. The molecule has 1 N–H and O–H groups in total. The number of nitrogens with zero attached hydrogens (tertiary/aromatic N) is 2. The van der Waals surface area contributed by atoms with Gasteiger partial charge >= 0.3 is 0 Å². The summed E-state index contributed by atoms with van der Waals surface area (Å²) in [5, 5.41) is 14.5. The average Bonchev–Trinajstić information content (AvgIpc) is 2.60. The summed E-state index contributed by atoms with van der Waals surface area (Å²) in [7, 11) is 0. The van der Waals surface area contributed by atoms with Gasteiger partial charge in [-0.25, -0.2) is 0 Å². The predicted molar refractivity (Wildman–Crippen MR) is 63.2 cm³/mol. The molecule has 0 aliphatic heterocycles. The Morgan fingerprint density at radius 1 is 1.40 bits per heavy atom. The van der Waals surface area contributed by atoms with Gasteiger partial charge in [0.05, 0.1) is 6.04 Å². The first-order valence-corrected chi connectivity index (χ1v) is 6.73. The average molecular weight is 225 g/mol. The van der Waals surface area contributed by atoms with Crippen molar-refractivity contribution in [1.82, 2.24) is 15.5 Å². The monoisotopic (exact) mass is 225 g/mol. The molecule has 3 nitrogen and oxygen atoms in total. The number of hydrogen-bond acceptors (Lipinski definition) is 4. The SMILES string of the molecule is CCNC(CC)c1nnc(C2CCC2)s1. The van der Waals surface area contributed by atoms with Crippen LogP contribution in [0.15, 0.2) is 0 Å². The normalized spacial score (nSPS) is 18.8. The Hall–Kier alpha value is -0.480. The van der Waals surface area contributed by atoms with Crippen molar-refractivity contribution in [1.29, 1.82) is 0 Å². The zero-order valence-corrected chi connectivity index (χ0v) is 10.3. The highest BCUT2D eigenvalue weighted by Crippen LogP contribution is 2.38. The van der Waals surface area contributed by atoms with Gasteiger partial charge in [-0.05, 0) is 25.8 Å². The van der Waals surface area contributed by atoms with Crippen molar-refractivity contribution in [2.75, 3.05) is 6.54 Å². The van der Waals surface area contributed by atoms with Crippen LogP contribution in [0, 0.1) is 0 Å². The standard InChI is InChI=1S/C11H19N3S/c1-3-9(12-4-2)11-14-13-10(15-11)8-6-5-7-8/h8-9,12H,3-7H2,1-2H3. The van der Waals surface area contributed by atoms with E-state index in [1.807, 2.05) is 0 Å². The van der Waals surface area contributed by atoms with E-state index in [2.05, 4.69) is 29.4 Å². The van der Waals surface area contributed by atoms with Gasteiger partial charge in [0.1, 0.15) is 10.0 Å². The van der Waals surface area contributed by atoms with Gasteiger partial charge in [0.15, 0.2) is 0 Å². The van der Waals surface area contributed by atoms with Crippen molar-refractivity contribution in [2.24, 2.45) is 0 Å². The molecule has 1 saturated carbocycles. The molecule has 1 aliphatic rings. The lowest BCUT2D eigenvalue weighted by atomic mass is 9.86. The largest absolute Gasteiger partial charge is 0.308 e. The molecule has 0 amide bonds. The minimum Gasteiger partial charge on any atom is -0.308 e. The highest BCUT2D eigenvalue weighted by molar-refractivity contribution is 7.11. The third-order valence-electron chi connectivity index (χ3n) is 3.07. The predicted octanol–water partition coefficient (Wildman–Crippen LogP) is 2.87. The van der Waals surface area contributed by atoms with Crippen LogP contribution in [0.1, 0.15) is 61.5 Å². The second-order valence-electron chi connectivity index (χ2n) is 4.12. The van der Waals surface area contributed by atoms with E-state index in [-0.39, 0.29) is 0 Å². The van der Waals surface area contributed by atoms with Gasteiger partial charge in [0.25, 0.3) is 0 Å². The zero-order valence-electron chi connectivity index (χ0n) is 9.49. The Bertz CT molecular complexity index is 307. The fourth-order valence-electron chi connectivity index (χ4n) is 1.86. The van der Waals surface area contributed by atoms with Crippen LogP contribution in [-0.2, 0) is 0 Å². The highest BCUT2D eigenvalue weighted by Gasteiger charge is 2.24. The molecule has 1 heterocycles. The summed E-state index contributed by atoms with van der Waals surface area (Å²) in [6.45, 7) is 5.32. The van der Waals surface area contributed by atoms with Crippen LogP contribution in [0.3, 0.4) is 0 Å². The van der Waals surface area contributed by atoms with E-state index < -0.39 is 0 Å². The number of hydrogen-bond donors (Lipinski definition) is 1. The van der Waals surface area contributed by atoms with Crippen LogP contribution in [0.4, 0.5) is 0 Å². The number of nitrogens with one attached hydrogen (secondary N) is 1. The van der Waals surface area contributed by atoms with Crippen LogP contribution < -0.4 is 5.32 Å². The lowest BCUT2D eigenvalue weighted by Crippen LogP contribution is -2.19. The molecule has 2 rings (SSSR count). The van der Waals surface area contributed by atoms with Crippen LogP contribution in [0.2, 0.25) is 0 Å². The zero-order chi connectivity index (χ0) is 10.7. The van der Waals surface area contributed by atoms with Crippen molar-refractivity contribution >= 4 is 11.3 Å². The summed E-state index contributed by atoms with van der Waals surface area (Å²) in [4.78, 5) is 0. The van der Waals surface area contributed by atoms with Gasteiger partial charge in [-0.15, -0.1) is 10.2 Å². The quantitative estimate of drug-likeness (QED) is 0.837. The molecule has 84 valence electrons. The van der Waals surface area contributed by atoms with E-state index in [0.29, 0.717) is 6.04 Å². The summed E-state index contributed by atoms with van der Waals surface area (Å²) >= 11 is 1.80. The fraction of sp³-hybridized carbons (Fsp3) is 0.818. The van der Waals surface area contributed by atoms with Crippen LogP contribution >= 0.6 is 11.3 Å². The minimum absolute atomic E-state index is 0.404. The molecule has 0 radical (unpaired) electrons. The van der Waals surface area contributed by atoms with Crippen molar-refractivity contribution in [3.8, 4) is 0 Å². The number of aromatic nitrogens is 2. The summed E-state index contributed by atoms with van der Waals surface area (Å²) in [5.41, 5.74) is 0. The van der Waals surface area contributed by atoms with E-state index >= 15 is 0 Å². The van der Waals surface area contributed by atoms with Gasteiger partial charge in [-0.3, -0.25) is 0 Å². The molecule has 1 fully saturated rings. The van der Waals surface area contributed by atoms with E-state index in [1.165, 1.54) is 29.3 Å². The van der Waals surface area contributed by atoms with Gasteiger partial charge in [-0.2, -0.15) is 0 Å². The molecular formula is C11H19N3S. The third kappa shape index (κ3) is 2.37. The van der Waals surface area contributed by atoms with Gasteiger partial charge < -0.3 is 5.32 Å². The summed E-state index contributed by atoms with van der Waals surface area (Å²) < 4.78 is 0. The van der Waals surface area contributed by atoms with Gasteiger partial charge in [-0.1, -0.05) is 31.6 Å². The molecule has 1 aromatic heterocycles. The van der Waals surface area contributed by atoms with Gasteiger partial charge in [0, 0.05) is 5.92 Å². The lowest BCUT2D eigenvalue weighted by molar-refractivity contribution is 0.416. The van der Waals surface area contributed by atoms with Crippen LogP contribution in [-0.4, -0.2) is 16.7 Å². The maximum Gasteiger partial charge on any atom is 0.134 e. The summed E-state index contributed by atoms with van der Waals surface area (Å²) in [6.07, 6.45) is 5.08. The Morgan fingerprint density at radius 3 is 2.73 bits per heavy atom. The molecule has 0 aromatic carbocycles. The van der Waals surface area contributed by atoms with Crippen molar-refractivity contribution in [3.63, 3.8) is 0 Å². The molecule has 1 aromatic rings. The van der Waals surface area contributed by atoms with Crippen molar-refractivity contribution in [3.05, 3.63) is 10.0 Å². The Balaban J connectivity index is 2.03. The summed E-state index contributed by atoms with van der Waals surface area (Å²) in [6, 6.07) is 0.404. The smallest absolute Gasteiger partial charge is 0.134 e. The molecule has 1 aliphatic carbocycles. The van der Waals surface area contributed by atoms with Crippen LogP contribution in [0.5, 0.6) is 0 Å². The number of rotatable bonds is 5. The van der Waals surface area contributed by atoms with E-state index in [9.17, 15) is 0 Å². The lowest BCUT2D eigenvalue weighted by Gasteiger charge is -2.22. The molecule has 4 heteroatoms.